The fraction of sp³-hybridized carbons (Fsp3) is 0.158. The van der Waals surface area contributed by atoms with Crippen LogP contribution in [0.1, 0.15) is 15.9 Å². The molecular weight excluding hydrogens is 481 g/mol. The van der Waals surface area contributed by atoms with Gasteiger partial charge < -0.3 is 9.47 Å². The number of hydrogen-bond donors (Lipinski definition) is 1. The molecule has 30 heavy (non-hydrogen) atoms. The van der Waals surface area contributed by atoms with Gasteiger partial charge in [-0.2, -0.15) is 5.10 Å². The van der Waals surface area contributed by atoms with Crippen molar-refractivity contribution in [3.63, 3.8) is 0 Å². The minimum absolute atomic E-state index is 0.0223. The third kappa shape index (κ3) is 4.31. The maximum atomic E-state index is 14.8. The number of benzene rings is 2. The van der Waals surface area contributed by atoms with Crippen molar-refractivity contribution in [2.75, 3.05) is 14.2 Å². The molecule has 0 bridgehead atoms. The Morgan fingerprint density at radius 3 is 2.40 bits per heavy atom. The van der Waals surface area contributed by atoms with Crippen LogP contribution in [-0.2, 0) is 16.6 Å². The molecule has 0 spiro atoms. The second-order valence-corrected chi connectivity index (χ2v) is 8.44. The van der Waals surface area contributed by atoms with Crippen molar-refractivity contribution in [2.45, 2.75) is 11.4 Å². The van der Waals surface area contributed by atoms with Gasteiger partial charge in [0.25, 0.3) is 15.9 Å². The van der Waals surface area contributed by atoms with E-state index < -0.39 is 27.3 Å². The highest BCUT2D eigenvalue weighted by molar-refractivity contribution is 9.10. The van der Waals surface area contributed by atoms with Gasteiger partial charge in [-0.1, -0.05) is 12.1 Å². The first-order chi connectivity index (χ1) is 14.3. The van der Waals surface area contributed by atoms with Gasteiger partial charge in [0.2, 0.25) is 0 Å². The van der Waals surface area contributed by atoms with Crippen LogP contribution in [0.4, 0.5) is 4.39 Å². The number of hydrogen-bond acceptors (Lipinski definition) is 6. The molecule has 1 aromatic heterocycles. The van der Waals surface area contributed by atoms with Gasteiger partial charge in [0.05, 0.1) is 30.8 Å². The van der Waals surface area contributed by atoms with E-state index in [0.717, 1.165) is 0 Å². The zero-order chi connectivity index (χ0) is 21.9. The number of rotatable bonds is 7. The van der Waals surface area contributed by atoms with E-state index in [9.17, 15) is 17.6 Å². The Balaban J connectivity index is 1.92. The van der Waals surface area contributed by atoms with Crippen LogP contribution in [0.3, 0.4) is 0 Å². The van der Waals surface area contributed by atoms with Crippen LogP contribution in [0.15, 0.2) is 58.2 Å². The zero-order valence-corrected chi connectivity index (χ0v) is 18.3. The summed E-state index contributed by atoms with van der Waals surface area (Å²) >= 11 is 3.13. The molecule has 1 amide bonds. The summed E-state index contributed by atoms with van der Waals surface area (Å²) in [5.41, 5.74) is 0.0885. The molecule has 0 saturated carbocycles. The molecule has 0 fully saturated rings. The summed E-state index contributed by atoms with van der Waals surface area (Å²) < 4.78 is 54.1. The summed E-state index contributed by atoms with van der Waals surface area (Å²) in [6.07, 6.45) is 3.29. The van der Waals surface area contributed by atoms with Gasteiger partial charge in [-0.15, -0.1) is 0 Å². The van der Waals surface area contributed by atoms with Gasteiger partial charge in [-0.05, 0) is 45.8 Å². The standard InChI is InChI=1S/C19H17BrFN3O5S/c1-28-14-5-3-6-15(29-2)18(14)30(26,27)23-19(25)13-8-7-12(16(20)17(13)21)11-24-10-4-9-22-24/h3-10H,11H2,1-2H3,(H,23,25). The van der Waals surface area contributed by atoms with Crippen molar-refractivity contribution < 1.29 is 27.1 Å². The first kappa shape index (κ1) is 21.8. The van der Waals surface area contributed by atoms with Gasteiger partial charge >= 0.3 is 0 Å². The molecule has 3 rings (SSSR count). The fourth-order valence-corrected chi connectivity index (χ4v) is 4.53. The van der Waals surface area contributed by atoms with Crippen LogP contribution in [-0.4, -0.2) is 38.3 Å². The molecule has 0 radical (unpaired) electrons. The summed E-state index contributed by atoms with van der Waals surface area (Å²) in [7, 11) is -1.85. The third-order valence-electron chi connectivity index (χ3n) is 4.18. The average Bonchev–Trinajstić information content (AvgIpc) is 3.23. The number of aromatic nitrogens is 2. The maximum Gasteiger partial charge on any atom is 0.271 e. The maximum absolute atomic E-state index is 14.8. The van der Waals surface area contributed by atoms with Gasteiger partial charge in [0, 0.05) is 12.4 Å². The monoisotopic (exact) mass is 497 g/mol. The quantitative estimate of drug-likeness (QED) is 0.538. The lowest BCUT2D eigenvalue weighted by Gasteiger charge is -2.15. The van der Waals surface area contributed by atoms with E-state index in [1.54, 1.807) is 23.1 Å². The van der Waals surface area contributed by atoms with Crippen molar-refractivity contribution in [1.29, 1.82) is 0 Å². The topological polar surface area (TPSA) is 99.5 Å². The number of sulfonamides is 1. The number of nitrogens with zero attached hydrogens (tertiary/aromatic N) is 2. The van der Waals surface area contributed by atoms with Crippen LogP contribution in [0.5, 0.6) is 11.5 Å². The van der Waals surface area contributed by atoms with E-state index in [2.05, 4.69) is 21.0 Å². The lowest BCUT2D eigenvalue weighted by atomic mass is 10.1. The summed E-state index contributed by atoms with van der Waals surface area (Å²) in [5.74, 6) is -2.07. The van der Waals surface area contributed by atoms with E-state index >= 15 is 0 Å². The van der Waals surface area contributed by atoms with Crippen LogP contribution < -0.4 is 14.2 Å². The van der Waals surface area contributed by atoms with Gasteiger partial charge in [-0.25, -0.2) is 17.5 Å². The Labute approximate surface area is 180 Å². The lowest BCUT2D eigenvalue weighted by Crippen LogP contribution is -2.32. The molecule has 2 aromatic carbocycles. The predicted molar refractivity (Wildman–Crippen MR) is 110 cm³/mol. The highest BCUT2D eigenvalue weighted by Gasteiger charge is 2.28. The third-order valence-corrected chi connectivity index (χ3v) is 6.43. The van der Waals surface area contributed by atoms with E-state index in [4.69, 9.17) is 9.47 Å². The first-order valence-electron chi connectivity index (χ1n) is 8.51. The number of halogens is 2. The summed E-state index contributed by atoms with van der Waals surface area (Å²) in [6, 6.07) is 8.80. The Hall–Kier alpha value is -2.92. The minimum Gasteiger partial charge on any atom is -0.495 e. The second kappa shape index (κ2) is 8.84. The SMILES string of the molecule is COc1cccc(OC)c1S(=O)(=O)NC(=O)c1ccc(Cn2cccn2)c(Br)c1F. The number of methoxy groups -OCH3 is 2. The Morgan fingerprint density at radius 1 is 1.17 bits per heavy atom. The molecule has 1 N–H and O–H groups in total. The van der Waals surface area contributed by atoms with Crippen molar-refractivity contribution >= 4 is 31.9 Å². The van der Waals surface area contributed by atoms with Gasteiger partial charge in [-0.3, -0.25) is 9.48 Å². The Bertz CT molecular complexity index is 1160. The molecule has 1 heterocycles. The molecule has 0 aliphatic carbocycles. The fourth-order valence-electron chi connectivity index (χ4n) is 2.77. The molecule has 0 aliphatic heterocycles. The second-order valence-electron chi connectivity index (χ2n) is 6.03. The van der Waals surface area contributed by atoms with E-state index in [1.165, 1.54) is 44.6 Å². The molecule has 158 valence electrons. The number of nitrogens with one attached hydrogen (secondary N) is 1. The average molecular weight is 498 g/mol. The molecule has 8 nitrogen and oxygen atoms in total. The highest BCUT2D eigenvalue weighted by atomic mass is 79.9. The Kier molecular flexibility index (Phi) is 6.42. The molecule has 0 aliphatic rings. The first-order valence-corrected chi connectivity index (χ1v) is 10.8. The Morgan fingerprint density at radius 2 is 1.83 bits per heavy atom. The number of ether oxygens (including phenoxy) is 2. The van der Waals surface area contributed by atoms with Crippen molar-refractivity contribution in [2.24, 2.45) is 0 Å². The number of carbonyl (C=O) groups is 1. The predicted octanol–water partition coefficient (Wildman–Crippen LogP) is 2.97. The van der Waals surface area contributed by atoms with E-state index in [-0.39, 0.29) is 27.4 Å². The van der Waals surface area contributed by atoms with Crippen LogP contribution >= 0.6 is 15.9 Å². The molecular formula is C19H17BrFN3O5S. The number of carbonyl (C=O) groups excluding carboxylic acids is 1. The molecule has 11 heteroatoms. The van der Waals surface area contributed by atoms with Gasteiger partial charge in [0.1, 0.15) is 17.3 Å². The lowest BCUT2D eigenvalue weighted by molar-refractivity contribution is 0.0977. The molecule has 0 saturated heterocycles. The normalized spacial score (nSPS) is 11.2. The zero-order valence-electron chi connectivity index (χ0n) is 15.9. The highest BCUT2D eigenvalue weighted by Crippen LogP contribution is 2.33. The number of amides is 1. The summed E-state index contributed by atoms with van der Waals surface area (Å²) in [6.45, 7) is 0.267. The molecule has 3 aromatic rings. The van der Waals surface area contributed by atoms with Gasteiger partial charge in [0.15, 0.2) is 4.90 Å². The molecule has 0 atom stereocenters. The largest absolute Gasteiger partial charge is 0.495 e. The summed E-state index contributed by atoms with van der Waals surface area (Å²) in [4.78, 5) is 12.2. The molecule has 0 unspecified atom stereocenters. The van der Waals surface area contributed by atoms with Crippen LogP contribution in [0.2, 0.25) is 0 Å². The minimum atomic E-state index is -4.42. The van der Waals surface area contributed by atoms with Crippen molar-refractivity contribution in [3.8, 4) is 11.5 Å². The van der Waals surface area contributed by atoms with E-state index in [1.807, 2.05) is 4.72 Å². The van der Waals surface area contributed by atoms with Crippen LogP contribution in [0.25, 0.3) is 0 Å². The van der Waals surface area contributed by atoms with E-state index in [0.29, 0.717) is 5.56 Å². The van der Waals surface area contributed by atoms with Crippen molar-refractivity contribution in [3.05, 3.63) is 70.2 Å². The summed E-state index contributed by atoms with van der Waals surface area (Å²) in [5, 5.41) is 4.05. The smallest absolute Gasteiger partial charge is 0.271 e. The van der Waals surface area contributed by atoms with Crippen molar-refractivity contribution in [1.82, 2.24) is 14.5 Å². The van der Waals surface area contributed by atoms with Crippen LogP contribution in [0, 0.1) is 5.82 Å².